The predicted octanol–water partition coefficient (Wildman–Crippen LogP) is 0.272. The Hall–Kier alpha value is -1.63. The summed E-state index contributed by atoms with van der Waals surface area (Å²) in [6, 6.07) is 0. The Balaban J connectivity index is 2.05. The van der Waals surface area contributed by atoms with E-state index in [9.17, 15) is 9.59 Å². The zero-order valence-corrected chi connectivity index (χ0v) is 9.24. The van der Waals surface area contributed by atoms with Gasteiger partial charge < -0.3 is 15.7 Å². The van der Waals surface area contributed by atoms with Gasteiger partial charge in [0.1, 0.15) is 5.69 Å². The highest BCUT2D eigenvalue weighted by Crippen LogP contribution is 2.20. The van der Waals surface area contributed by atoms with Crippen molar-refractivity contribution < 1.29 is 14.7 Å². The second kappa shape index (κ2) is 4.09. The predicted molar refractivity (Wildman–Crippen MR) is 58.2 cm³/mol. The Bertz CT molecular complexity index is 431. The molecule has 86 valence electrons. The van der Waals surface area contributed by atoms with Gasteiger partial charge in [-0.3, -0.25) is 9.59 Å². The Morgan fingerprint density at radius 3 is 2.88 bits per heavy atom. The SMILES string of the molecule is Nc1nc(C(=O)N2CCC(C(=O)O)C2)cs1. The molecule has 0 spiro atoms. The molecule has 1 saturated heterocycles. The van der Waals surface area contributed by atoms with E-state index in [0.717, 1.165) is 0 Å². The fourth-order valence-corrected chi connectivity index (χ4v) is 2.23. The molecule has 1 fully saturated rings. The summed E-state index contributed by atoms with van der Waals surface area (Å²) in [5.41, 5.74) is 5.73. The van der Waals surface area contributed by atoms with Gasteiger partial charge in [-0.1, -0.05) is 0 Å². The molecule has 2 heterocycles. The van der Waals surface area contributed by atoms with Crippen molar-refractivity contribution in [3.63, 3.8) is 0 Å². The van der Waals surface area contributed by atoms with Crippen molar-refractivity contribution in [2.75, 3.05) is 18.8 Å². The number of carbonyl (C=O) groups is 2. The number of hydrogen-bond acceptors (Lipinski definition) is 5. The minimum atomic E-state index is -0.854. The number of rotatable bonds is 2. The summed E-state index contributed by atoms with van der Waals surface area (Å²) in [7, 11) is 0. The van der Waals surface area contributed by atoms with Crippen LogP contribution in [-0.2, 0) is 4.79 Å². The van der Waals surface area contributed by atoms with Crippen LogP contribution in [0.1, 0.15) is 16.9 Å². The molecule has 0 radical (unpaired) electrons. The second-order valence-corrected chi connectivity index (χ2v) is 4.54. The molecule has 1 amide bonds. The molecule has 1 unspecified atom stereocenters. The van der Waals surface area contributed by atoms with Crippen molar-refractivity contribution in [1.29, 1.82) is 0 Å². The average Bonchev–Trinajstić information content (AvgIpc) is 2.84. The van der Waals surface area contributed by atoms with Crippen molar-refractivity contribution >= 4 is 28.3 Å². The molecule has 7 heteroatoms. The number of carboxylic acid groups (broad SMARTS) is 1. The van der Waals surface area contributed by atoms with Crippen LogP contribution in [0.3, 0.4) is 0 Å². The van der Waals surface area contributed by atoms with Crippen LogP contribution < -0.4 is 5.73 Å². The van der Waals surface area contributed by atoms with Crippen molar-refractivity contribution in [1.82, 2.24) is 9.88 Å². The number of thiazole rings is 1. The number of aliphatic carboxylic acids is 1. The highest BCUT2D eigenvalue weighted by Gasteiger charge is 2.31. The molecule has 2 rings (SSSR count). The monoisotopic (exact) mass is 241 g/mol. The molecule has 0 bridgehead atoms. The molecular weight excluding hydrogens is 230 g/mol. The van der Waals surface area contributed by atoms with Gasteiger partial charge in [0.2, 0.25) is 0 Å². The van der Waals surface area contributed by atoms with E-state index in [2.05, 4.69) is 4.98 Å². The lowest BCUT2D eigenvalue weighted by atomic mass is 10.1. The Labute approximate surface area is 95.7 Å². The number of amides is 1. The van der Waals surface area contributed by atoms with Crippen LogP contribution in [0.5, 0.6) is 0 Å². The Morgan fingerprint density at radius 2 is 2.38 bits per heavy atom. The lowest BCUT2D eigenvalue weighted by Gasteiger charge is -2.13. The second-order valence-electron chi connectivity index (χ2n) is 3.65. The van der Waals surface area contributed by atoms with E-state index in [1.165, 1.54) is 16.2 Å². The van der Waals surface area contributed by atoms with Crippen LogP contribution in [-0.4, -0.2) is 40.0 Å². The summed E-state index contributed by atoms with van der Waals surface area (Å²) < 4.78 is 0. The first-order valence-electron chi connectivity index (χ1n) is 4.81. The fraction of sp³-hybridized carbons (Fsp3) is 0.444. The van der Waals surface area contributed by atoms with Crippen LogP contribution >= 0.6 is 11.3 Å². The van der Waals surface area contributed by atoms with E-state index >= 15 is 0 Å². The molecule has 1 aliphatic rings. The van der Waals surface area contributed by atoms with Crippen molar-refractivity contribution in [2.24, 2.45) is 5.92 Å². The van der Waals surface area contributed by atoms with E-state index < -0.39 is 11.9 Å². The Kier molecular flexibility index (Phi) is 2.78. The maximum absolute atomic E-state index is 11.9. The van der Waals surface area contributed by atoms with Gasteiger partial charge in [-0.15, -0.1) is 11.3 Å². The number of carboxylic acids is 1. The number of nitrogens with two attached hydrogens (primary N) is 1. The fourth-order valence-electron chi connectivity index (χ4n) is 1.69. The molecule has 16 heavy (non-hydrogen) atoms. The third kappa shape index (κ3) is 1.99. The molecule has 0 aliphatic carbocycles. The van der Waals surface area contributed by atoms with Crippen LogP contribution in [0.15, 0.2) is 5.38 Å². The van der Waals surface area contributed by atoms with Crippen LogP contribution in [0.2, 0.25) is 0 Å². The minimum Gasteiger partial charge on any atom is -0.481 e. The van der Waals surface area contributed by atoms with Crippen LogP contribution in [0.4, 0.5) is 5.13 Å². The van der Waals surface area contributed by atoms with Gasteiger partial charge in [0.05, 0.1) is 5.92 Å². The van der Waals surface area contributed by atoms with Crippen LogP contribution in [0.25, 0.3) is 0 Å². The highest BCUT2D eigenvalue weighted by molar-refractivity contribution is 7.13. The molecule has 1 atom stereocenters. The first kappa shape index (κ1) is 10.9. The molecular formula is C9H11N3O3S. The van der Waals surface area contributed by atoms with Gasteiger partial charge in [-0.25, -0.2) is 4.98 Å². The van der Waals surface area contributed by atoms with Crippen molar-refractivity contribution in [2.45, 2.75) is 6.42 Å². The normalized spacial score (nSPS) is 20.0. The molecule has 1 aromatic heterocycles. The molecule has 1 aromatic rings. The number of aromatic nitrogens is 1. The zero-order chi connectivity index (χ0) is 11.7. The van der Waals surface area contributed by atoms with Crippen molar-refractivity contribution in [3.8, 4) is 0 Å². The van der Waals surface area contributed by atoms with Crippen molar-refractivity contribution in [3.05, 3.63) is 11.1 Å². The van der Waals surface area contributed by atoms with Gasteiger partial charge >= 0.3 is 5.97 Å². The summed E-state index contributed by atoms with van der Waals surface area (Å²) in [5, 5.41) is 10.7. The maximum Gasteiger partial charge on any atom is 0.308 e. The number of nitrogen functional groups attached to an aromatic ring is 1. The summed E-state index contributed by atoms with van der Waals surface area (Å²) in [5.74, 6) is -1.55. The maximum atomic E-state index is 11.9. The van der Waals surface area contributed by atoms with E-state index in [-0.39, 0.29) is 12.5 Å². The lowest BCUT2D eigenvalue weighted by molar-refractivity contribution is -0.141. The molecule has 0 aromatic carbocycles. The number of anilines is 1. The smallest absolute Gasteiger partial charge is 0.308 e. The number of likely N-dealkylation sites (tertiary alicyclic amines) is 1. The van der Waals surface area contributed by atoms with Gasteiger partial charge in [0, 0.05) is 18.5 Å². The number of hydrogen-bond donors (Lipinski definition) is 2. The minimum absolute atomic E-state index is 0.239. The van der Waals surface area contributed by atoms with E-state index in [0.29, 0.717) is 23.8 Å². The van der Waals surface area contributed by atoms with Crippen LogP contribution in [0, 0.1) is 5.92 Å². The summed E-state index contributed by atoms with van der Waals surface area (Å²) in [6.45, 7) is 0.721. The summed E-state index contributed by atoms with van der Waals surface area (Å²) >= 11 is 1.20. The zero-order valence-electron chi connectivity index (χ0n) is 8.42. The highest BCUT2D eigenvalue weighted by atomic mass is 32.1. The molecule has 3 N–H and O–H groups in total. The van der Waals surface area contributed by atoms with E-state index in [4.69, 9.17) is 10.8 Å². The van der Waals surface area contributed by atoms with Gasteiger partial charge in [-0.05, 0) is 6.42 Å². The van der Waals surface area contributed by atoms with Gasteiger partial charge in [0.25, 0.3) is 5.91 Å². The van der Waals surface area contributed by atoms with E-state index in [1.54, 1.807) is 5.38 Å². The molecule has 0 saturated carbocycles. The quantitative estimate of drug-likeness (QED) is 0.774. The number of carbonyl (C=O) groups excluding carboxylic acids is 1. The summed E-state index contributed by atoms with van der Waals surface area (Å²) in [6.07, 6.45) is 0.501. The number of nitrogens with zero attached hydrogens (tertiary/aromatic N) is 2. The third-order valence-electron chi connectivity index (χ3n) is 2.57. The first-order chi connectivity index (χ1) is 7.58. The third-order valence-corrected chi connectivity index (χ3v) is 3.24. The summed E-state index contributed by atoms with van der Waals surface area (Å²) in [4.78, 5) is 28.0. The van der Waals surface area contributed by atoms with E-state index in [1.807, 2.05) is 0 Å². The molecule has 6 nitrogen and oxygen atoms in total. The lowest BCUT2D eigenvalue weighted by Crippen LogP contribution is -2.30. The Morgan fingerprint density at radius 1 is 1.62 bits per heavy atom. The largest absolute Gasteiger partial charge is 0.481 e. The molecule has 1 aliphatic heterocycles. The standard InChI is InChI=1S/C9H11N3O3S/c10-9-11-6(4-16-9)7(13)12-2-1-5(3-12)8(14)15/h4-5H,1-3H2,(H2,10,11)(H,14,15). The first-order valence-corrected chi connectivity index (χ1v) is 5.69. The van der Waals surface area contributed by atoms with Gasteiger partial charge in [0.15, 0.2) is 5.13 Å². The van der Waals surface area contributed by atoms with Gasteiger partial charge in [-0.2, -0.15) is 0 Å². The topological polar surface area (TPSA) is 96.5 Å². The average molecular weight is 241 g/mol.